The molecule has 2 N–H and O–H groups in total. The van der Waals surface area contributed by atoms with Crippen molar-refractivity contribution in [1.29, 1.82) is 0 Å². The van der Waals surface area contributed by atoms with E-state index in [0.29, 0.717) is 11.3 Å². The summed E-state index contributed by atoms with van der Waals surface area (Å²) in [5.41, 5.74) is 0.932. The van der Waals surface area contributed by atoms with Crippen molar-refractivity contribution in [3.63, 3.8) is 0 Å². The quantitative estimate of drug-likeness (QED) is 0.797. The highest BCUT2D eigenvalue weighted by atomic mass is 35.5. The smallest absolute Gasteiger partial charge is 0.272 e. The van der Waals surface area contributed by atoms with E-state index < -0.39 is 43.9 Å². The second kappa shape index (κ2) is 7.83. The van der Waals surface area contributed by atoms with Gasteiger partial charge in [0.1, 0.15) is 12.4 Å². The largest absolute Gasteiger partial charge is 0.487 e. The lowest BCUT2D eigenvalue weighted by Crippen LogP contribution is -2.35. The Balaban J connectivity index is 0.00000264. The van der Waals surface area contributed by atoms with E-state index in [-0.39, 0.29) is 18.2 Å². The van der Waals surface area contributed by atoms with Gasteiger partial charge >= 0.3 is 0 Å². The SMILES string of the molecule is Cc1ccc(NC(=O)C2CC(F)(F)CN2)cc1OCC(F)F.Cl. The van der Waals surface area contributed by atoms with Gasteiger partial charge < -0.3 is 10.1 Å². The van der Waals surface area contributed by atoms with Crippen molar-refractivity contribution in [1.82, 2.24) is 5.32 Å². The maximum Gasteiger partial charge on any atom is 0.272 e. The molecule has 9 heteroatoms. The molecule has 23 heavy (non-hydrogen) atoms. The molecular formula is C14H17ClF4N2O2. The highest BCUT2D eigenvalue weighted by Gasteiger charge is 2.42. The number of ether oxygens (including phenoxy) is 1. The molecule has 1 heterocycles. The number of benzene rings is 1. The van der Waals surface area contributed by atoms with Crippen molar-refractivity contribution >= 4 is 24.0 Å². The Morgan fingerprint density at radius 2 is 2.17 bits per heavy atom. The average molecular weight is 357 g/mol. The summed E-state index contributed by atoms with van der Waals surface area (Å²) in [6, 6.07) is 3.55. The summed E-state index contributed by atoms with van der Waals surface area (Å²) in [5.74, 6) is -3.29. The fraction of sp³-hybridized carbons (Fsp3) is 0.500. The van der Waals surface area contributed by atoms with Gasteiger partial charge in [0.05, 0.1) is 12.6 Å². The van der Waals surface area contributed by atoms with E-state index in [0.717, 1.165) is 0 Å². The lowest BCUT2D eigenvalue weighted by atomic mass is 10.1. The zero-order chi connectivity index (χ0) is 16.3. The number of hydrogen-bond donors (Lipinski definition) is 2. The topological polar surface area (TPSA) is 50.4 Å². The van der Waals surface area contributed by atoms with Crippen molar-refractivity contribution in [3.05, 3.63) is 23.8 Å². The van der Waals surface area contributed by atoms with Gasteiger partial charge in [0.2, 0.25) is 5.91 Å². The van der Waals surface area contributed by atoms with E-state index in [9.17, 15) is 22.4 Å². The minimum Gasteiger partial charge on any atom is -0.487 e. The first kappa shape index (κ1) is 19.5. The predicted octanol–water partition coefficient (Wildman–Crippen LogP) is 3.00. The van der Waals surface area contributed by atoms with Crippen molar-refractivity contribution in [2.24, 2.45) is 0 Å². The van der Waals surface area contributed by atoms with Crippen LogP contribution in [0.15, 0.2) is 18.2 Å². The summed E-state index contributed by atoms with van der Waals surface area (Å²) in [6.45, 7) is 0.377. The molecule has 1 aliphatic rings. The molecule has 0 bridgehead atoms. The molecule has 1 atom stereocenters. The van der Waals surface area contributed by atoms with Crippen LogP contribution >= 0.6 is 12.4 Å². The lowest BCUT2D eigenvalue weighted by molar-refractivity contribution is -0.118. The first-order chi connectivity index (χ1) is 10.3. The van der Waals surface area contributed by atoms with Crippen LogP contribution in [0.4, 0.5) is 23.2 Å². The summed E-state index contributed by atoms with van der Waals surface area (Å²) in [4.78, 5) is 11.9. The van der Waals surface area contributed by atoms with Gasteiger partial charge in [-0.15, -0.1) is 12.4 Å². The second-order valence-electron chi connectivity index (χ2n) is 5.17. The molecule has 1 amide bonds. The van der Waals surface area contributed by atoms with E-state index in [1.807, 2.05) is 0 Å². The number of amides is 1. The van der Waals surface area contributed by atoms with E-state index in [4.69, 9.17) is 4.74 Å². The summed E-state index contributed by atoms with van der Waals surface area (Å²) in [7, 11) is 0. The predicted molar refractivity (Wildman–Crippen MR) is 79.9 cm³/mol. The van der Waals surface area contributed by atoms with Crippen LogP contribution in [0.3, 0.4) is 0 Å². The number of carbonyl (C=O) groups excluding carboxylic acids is 1. The Hall–Kier alpha value is -1.54. The Kier molecular flexibility index (Phi) is 6.64. The fourth-order valence-corrected chi connectivity index (χ4v) is 2.12. The molecule has 4 nitrogen and oxygen atoms in total. The third-order valence-corrected chi connectivity index (χ3v) is 3.25. The standard InChI is InChI=1S/C14H16F4N2O2.ClH/c1-8-2-3-9(4-11(8)22-6-12(15)16)20-13(21)10-5-14(17,18)7-19-10;/h2-4,10,12,19H,5-7H2,1H3,(H,20,21);1H. The van der Waals surface area contributed by atoms with Gasteiger partial charge in [-0.25, -0.2) is 17.6 Å². The number of carbonyl (C=O) groups is 1. The molecule has 1 unspecified atom stereocenters. The monoisotopic (exact) mass is 356 g/mol. The number of hydrogen-bond acceptors (Lipinski definition) is 3. The Morgan fingerprint density at radius 1 is 1.48 bits per heavy atom. The van der Waals surface area contributed by atoms with Crippen LogP contribution in [-0.2, 0) is 4.79 Å². The minimum absolute atomic E-state index is 0. The minimum atomic E-state index is -2.90. The molecule has 1 aliphatic heterocycles. The number of alkyl halides is 4. The summed E-state index contributed by atoms with van der Waals surface area (Å²) in [5, 5.41) is 4.92. The van der Waals surface area contributed by atoms with E-state index in [1.165, 1.54) is 6.07 Å². The molecule has 0 aliphatic carbocycles. The molecule has 1 saturated heterocycles. The molecule has 0 radical (unpaired) electrons. The van der Waals surface area contributed by atoms with E-state index >= 15 is 0 Å². The third-order valence-electron chi connectivity index (χ3n) is 3.25. The van der Waals surface area contributed by atoms with Crippen LogP contribution in [0.25, 0.3) is 0 Å². The van der Waals surface area contributed by atoms with E-state index in [2.05, 4.69) is 10.6 Å². The summed E-state index contributed by atoms with van der Waals surface area (Å²) in [6.07, 6.45) is -3.18. The number of rotatable bonds is 5. The zero-order valence-electron chi connectivity index (χ0n) is 12.2. The van der Waals surface area contributed by atoms with Gasteiger partial charge in [-0.1, -0.05) is 6.07 Å². The van der Waals surface area contributed by atoms with Crippen molar-refractivity contribution in [2.45, 2.75) is 31.7 Å². The maximum absolute atomic E-state index is 13.1. The molecule has 130 valence electrons. The highest BCUT2D eigenvalue weighted by Crippen LogP contribution is 2.27. The maximum atomic E-state index is 13.1. The Bertz CT molecular complexity index is 558. The van der Waals surface area contributed by atoms with Crippen molar-refractivity contribution in [2.75, 3.05) is 18.5 Å². The van der Waals surface area contributed by atoms with Crippen LogP contribution in [-0.4, -0.2) is 37.4 Å². The first-order valence-corrected chi connectivity index (χ1v) is 6.70. The van der Waals surface area contributed by atoms with Crippen LogP contribution in [0.5, 0.6) is 5.75 Å². The summed E-state index contributed by atoms with van der Waals surface area (Å²) < 4.78 is 55.4. The molecule has 1 aromatic rings. The van der Waals surface area contributed by atoms with Gasteiger partial charge in [0.15, 0.2) is 0 Å². The Morgan fingerprint density at radius 3 is 2.74 bits per heavy atom. The summed E-state index contributed by atoms with van der Waals surface area (Å²) >= 11 is 0. The number of aryl methyl sites for hydroxylation is 1. The molecular weight excluding hydrogens is 340 g/mol. The number of halogens is 5. The number of anilines is 1. The van der Waals surface area contributed by atoms with Gasteiger partial charge in [0, 0.05) is 18.2 Å². The molecule has 0 saturated carbocycles. The molecule has 0 aromatic heterocycles. The van der Waals surface area contributed by atoms with Crippen LogP contribution in [0, 0.1) is 6.92 Å². The number of nitrogens with one attached hydrogen (secondary N) is 2. The highest BCUT2D eigenvalue weighted by molar-refractivity contribution is 5.95. The van der Waals surface area contributed by atoms with Crippen LogP contribution in [0.2, 0.25) is 0 Å². The van der Waals surface area contributed by atoms with Crippen LogP contribution in [0.1, 0.15) is 12.0 Å². The molecule has 0 spiro atoms. The third kappa shape index (κ3) is 5.54. The van der Waals surface area contributed by atoms with Gasteiger partial charge in [0.25, 0.3) is 12.3 Å². The van der Waals surface area contributed by atoms with Gasteiger partial charge in [-0.05, 0) is 18.6 Å². The second-order valence-corrected chi connectivity index (χ2v) is 5.17. The van der Waals surface area contributed by atoms with E-state index in [1.54, 1.807) is 19.1 Å². The molecule has 1 fully saturated rings. The normalized spacial score (nSPS) is 19.3. The first-order valence-electron chi connectivity index (χ1n) is 6.70. The average Bonchev–Trinajstić information content (AvgIpc) is 2.79. The zero-order valence-corrected chi connectivity index (χ0v) is 13.1. The van der Waals surface area contributed by atoms with Gasteiger partial charge in [-0.2, -0.15) is 0 Å². The van der Waals surface area contributed by atoms with Crippen LogP contribution < -0.4 is 15.4 Å². The van der Waals surface area contributed by atoms with Crippen molar-refractivity contribution in [3.8, 4) is 5.75 Å². The van der Waals surface area contributed by atoms with Gasteiger partial charge in [-0.3, -0.25) is 10.1 Å². The molecule has 1 aromatic carbocycles. The fourth-order valence-electron chi connectivity index (χ4n) is 2.12. The lowest BCUT2D eigenvalue weighted by Gasteiger charge is -2.14. The van der Waals surface area contributed by atoms with Crippen molar-refractivity contribution < 1.29 is 27.1 Å². The molecule has 2 rings (SSSR count). The Labute approximate surface area is 137 Å².